The van der Waals surface area contributed by atoms with Crippen LogP contribution in [0.3, 0.4) is 0 Å². The molecule has 0 aliphatic heterocycles. The summed E-state index contributed by atoms with van der Waals surface area (Å²) in [4.78, 5) is 36.8. The fourth-order valence-corrected chi connectivity index (χ4v) is 1.91. The van der Waals surface area contributed by atoms with Gasteiger partial charge in [-0.1, -0.05) is 24.9 Å². The smallest absolute Gasteiger partial charge is 0.325 e. The molecule has 24 heavy (non-hydrogen) atoms. The van der Waals surface area contributed by atoms with Gasteiger partial charge >= 0.3 is 12.0 Å². The van der Waals surface area contributed by atoms with Crippen molar-refractivity contribution in [2.45, 2.75) is 33.1 Å². The largest absolute Gasteiger partial charge is 0.465 e. The van der Waals surface area contributed by atoms with E-state index in [2.05, 4.69) is 20.3 Å². The molecular weight excluding hydrogens is 316 g/mol. The first-order chi connectivity index (χ1) is 11.6. The van der Waals surface area contributed by atoms with Gasteiger partial charge in [0.05, 0.1) is 6.61 Å². The molecule has 0 atom stereocenters. The van der Waals surface area contributed by atoms with Crippen LogP contribution in [0, 0.1) is 0 Å². The number of rotatable bonds is 10. The van der Waals surface area contributed by atoms with E-state index < -0.39 is 17.9 Å². The van der Waals surface area contributed by atoms with Crippen molar-refractivity contribution in [2.24, 2.45) is 0 Å². The minimum atomic E-state index is -0.522. The number of nitrogens with zero attached hydrogens (tertiary/aromatic N) is 2. The second kappa shape index (κ2) is 11.0. The monoisotopic (exact) mass is 340 g/mol. The van der Waals surface area contributed by atoms with E-state index in [1.54, 1.807) is 6.92 Å². The van der Waals surface area contributed by atoms with Crippen LogP contribution in [0.4, 0.5) is 10.6 Å². The Morgan fingerprint density at radius 3 is 2.71 bits per heavy atom. The Hall–Kier alpha value is -2.58. The lowest BCUT2D eigenvalue weighted by atomic mass is 10.2. The van der Waals surface area contributed by atoms with Gasteiger partial charge in [-0.2, -0.15) is 0 Å². The van der Waals surface area contributed by atoms with Crippen LogP contribution in [0.1, 0.15) is 33.1 Å². The molecule has 0 saturated heterocycles. The Bertz CT molecular complexity index is 518. The first kappa shape index (κ1) is 19.5. The Morgan fingerprint density at radius 1 is 1.29 bits per heavy atom. The molecule has 0 aliphatic rings. The minimum absolute atomic E-state index is 0.148. The van der Waals surface area contributed by atoms with E-state index in [1.807, 2.05) is 6.92 Å². The number of ether oxygens (including phenoxy) is 1. The first-order valence-corrected chi connectivity index (χ1v) is 7.95. The van der Waals surface area contributed by atoms with Crippen LogP contribution in [-0.2, 0) is 14.3 Å². The van der Waals surface area contributed by atoms with E-state index >= 15 is 0 Å². The third-order valence-electron chi connectivity index (χ3n) is 3.05. The molecule has 9 heteroatoms. The lowest BCUT2D eigenvalue weighted by molar-refractivity contribution is -0.141. The van der Waals surface area contributed by atoms with Crippen molar-refractivity contribution in [3.63, 3.8) is 0 Å². The zero-order valence-electron chi connectivity index (χ0n) is 14.0. The van der Waals surface area contributed by atoms with E-state index in [0.29, 0.717) is 6.54 Å². The average molecular weight is 340 g/mol. The predicted octanol–water partition coefficient (Wildman–Crippen LogP) is 1.38. The topological polar surface area (TPSA) is 114 Å². The summed E-state index contributed by atoms with van der Waals surface area (Å²) in [5.74, 6) is -0.640. The molecule has 9 nitrogen and oxygen atoms in total. The molecule has 1 heterocycles. The number of unbranched alkanes of at least 4 members (excludes halogenated alkanes) is 2. The number of nitrogens with one attached hydrogen (secondary N) is 2. The van der Waals surface area contributed by atoms with Crippen LogP contribution < -0.4 is 10.6 Å². The molecule has 134 valence electrons. The second-order valence-electron chi connectivity index (χ2n) is 5.03. The van der Waals surface area contributed by atoms with Crippen molar-refractivity contribution >= 4 is 23.7 Å². The minimum Gasteiger partial charge on any atom is -0.465 e. The number of esters is 1. The molecule has 0 fully saturated rings. The highest BCUT2D eigenvalue weighted by Gasteiger charge is 2.18. The zero-order chi connectivity index (χ0) is 17.8. The van der Waals surface area contributed by atoms with Crippen LogP contribution in [-0.4, -0.2) is 54.2 Å². The molecule has 2 N–H and O–H groups in total. The second-order valence-corrected chi connectivity index (χ2v) is 5.03. The normalized spacial score (nSPS) is 10.1. The summed E-state index contributed by atoms with van der Waals surface area (Å²) >= 11 is 0. The SMILES string of the molecule is CCCCCN(CC(=O)Nc1ccon1)C(=O)NCC(=O)OCC. The van der Waals surface area contributed by atoms with Crippen molar-refractivity contribution in [1.29, 1.82) is 0 Å². The van der Waals surface area contributed by atoms with Crippen LogP contribution in [0.15, 0.2) is 16.9 Å². The third kappa shape index (κ3) is 7.61. The summed E-state index contributed by atoms with van der Waals surface area (Å²) in [7, 11) is 0. The number of urea groups is 1. The predicted molar refractivity (Wildman–Crippen MR) is 86.3 cm³/mol. The summed E-state index contributed by atoms with van der Waals surface area (Å²) < 4.78 is 9.38. The van der Waals surface area contributed by atoms with Gasteiger partial charge in [0, 0.05) is 12.6 Å². The zero-order valence-corrected chi connectivity index (χ0v) is 14.0. The van der Waals surface area contributed by atoms with Gasteiger partial charge in [0.1, 0.15) is 19.4 Å². The molecular formula is C15H24N4O5. The van der Waals surface area contributed by atoms with Gasteiger partial charge in [0.2, 0.25) is 5.91 Å². The summed E-state index contributed by atoms with van der Waals surface area (Å²) in [6, 6.07) is 1.01. The first-order valence-electron chi connectivity index (χ1n) is 7.95. The highest BCUT2D eigenvalue weighted by molar-refractivity contribution is 5.93. The van der Waals surface area contributed by atoms with Gasteiger partial charge in [-0.05, 0) is 13.3 Å². The fourth-order valence-electron chi connectivity index (χ4n) is 1.91. The van der Waals surface area contributed by atoms with E-state index in [-0.39, 0.29) is 25.5 Å². The van der Waals surface area contributed by atoms with Gasteiger partial charge in [-0.25, -0.2) is 4.79 Å². The van der Waals surface area contributed by atoms with Crippen molar-refractivity contribution < 1.29 is 23.6 Å². The molecule has 1 rings (SSSR count). The van der Waals surface area contributed by atoms with Gasteiger partial charge in [0.25, 0.3) is 0 Å². The molecule has 1 aromatic heterocycles. The lowest BCUT2D eigenvalue weighted by Crippen LogP contribution is -2.46. The highest BCUT2D eigenvalue weighted by atomic mass is 16.5. The molecule has 0 unspecified atom stereocenters. The van der Waals surface area contributed by atoms with E-state index in [1.165, 1.54) is 17.2 Å². The quantitative estimate of drug-likeness (QED) is 0.491. The molecule has 0 saturated carbocycles. The number of anilines is 1. The maximum Gasteiger partial charge on any atom is 0.325 e. The number of carbonyl (C=O) groups is 3. The van der Waals surface area contributed by atoms with E-state index in [0.717, 1.165) is 19.3 Å². The van der Waals surface area contributed by atoms with Crippen molar-refractivity contribution in [3.05, 3.63) is 12.3 Å². The number of carbonyl (C=O) groups excluding carboxylic acids is 3. The van der Waals surface area contributed by atoms with Gasteiger partial charge < -0.3 is 24.8 Å². The van der Waals surface area contributed by atoms with Crippen molar-refractivity contribution in [3.8, 4) is 0 Å². The van der Waals surface area contributed by atoms with Gasteiger partial charge in [-0.3, -0.25) is 9.59 Å². The third-order valence-corrected chi connectivity index (χ3v) is 3.05. The molecule has 0 aromatic carbocycles. The van der Waals surface area contributed by atoms with Crippen molar-refractivity contribution in [2.75, 3.05) is 31.6 Å². The lowest BCUT2D eigenvalue weighted by Gasteiger charge is -2.22. The summed E-state index contributed by atoms with van der Waals surface area (Å²) in [5.41, 5.74) is 0. The van der Waals surface area contributed by atoms with Crippen molar-refractivity contribution in [1.82, 2.24) is 15.4 Å². The van der Waals surface area contributed by atoms with Crippen LogP contribution in [0.5, 0.6) is 0 Å². The number of amides is 3. The highest BCUT2D eigenvalue weighted by Crippen LogP contribution is 2.03. The summed E-state index contributed by atoms with van der Waals surface area (Å²) in [6.07, 6.45) is 4.03. The fraction of sp³-hybridized carbons (Fsp3) is 0.600. The standard InChI is InChI=1S/C15H24N4O5/c1-3-5-6-8-19(15(22)16-10-14(21)23-4-2)11-13(20)17-12-7-9-24-18-12/h7,9H,3-6,8,10-11H2,1-2H3,(H,16,22)(H,17,18,20). The Labute approximate surface area is 140 Å². The van der Waals surface area contributed by atoms with Gasteiger partial charge in [-0.15, -0.1) is 0 Å². The molecule has 0 spiro atoms. The number of hydrogen-bond acceptors (Lipinski definition) is 6. The molecule has 0 radical (unpaired) electrons. The van der Waals surface area contributed by atoms with E-state index in [9.17, 15) is 14.4 Å². The van der Waals surface area contributed by atoms with Gasteiger partial charge in [0.15, 0.2) is 5.82 Å². The van der Waals surface area contributed by atoms with Crippen LogP contribution in [0.2, 0.25) is 0 Å². The van der Waals surface area contributed by atoms with Crippen LogP contribution in [0.25, 0.3) is 0 Å². The summed E-state index contributed by atoms with van der Waals surface area (Å²) in [5, 5.41) is 8.56. The number of aromatic nitrogens is 1. The maximum absolute atomic E-state index is 12.2. The Balaban J connectivity index is 2.52. The molecule has 0 bridgehead atoms. The molecule has 3 amide bonds. The Morgan fingerprint density at radius 2 is 2.08 bits per heavy atom. The molecule has 1 aromatic rings. The molecule has 0 aliphatic carbocycles. The average Bonchev–Trinajstić information content (AvgIpc) is 3.05. The van der Waals surface area contributed by atoms with Crippen LogP contribution >= 0.6 is 0 Å². The maximum atomic E-state index is 12.2. The summed E-state index contributed by atoms with van der Waals surface area (Å²) in [6.45, 7) is 4.00. The number of hydrogen-bond donors (Lipinski definition) is 2. The Kier molecular flexibility index (Phi) is 8.95. The van der Waals surface area contributed by atoms with E-state index in [4.69, 9.17) is 4.74 Å².